The van der Waals surface area contributed by atoms with Crippen molar-refractivity contribution in [3.8, 4) is 0 Å². The van der Waals surface area contributed by atoms with Gasteiger partial charge in [0.1, 0.15) is 5.60 Å². The Labute approximate surface area is 152 Å². The minimum atomic E-state index is -0.206. The molecule has 0 N–H and O–H groups in total. The van der Waals surface area contributed by atoms with Gasteiger partial charge in [0.15, 0.2) is 0 Å². The summed E-state index contributed by atoms with van der Waals surface area (Å²) in [6.07, 6.45) is 9.32. The Balaban J connectivity index is 1.40. The van der Waals surface area contributed by atoms with Crippen molar-refractivity contribution in [1.82, 2.24) is 0 Å². The maximum Gasteiger partial charge on any atom is 0.309 e. The molecule has 3 aliphatic rings. The van der Waals surface area contributed by atoms with Crippen molar-refractivity contribution < 1.29 is 19.1 Å². The van der Waals surface area contributed by atoms with Crippen LogP contribution in [0.2, 0.25) is 0 Å². The van der Waals surface area contributed by atoms with Crippen molar-refractivity contribution in [3.05, 3.63) is 0 Å². The number of carbonyl (C=O) groups excluding carboxylic acids is 2. The zero-order valence-electron chi connectivity index (χ0n) is 16.1. The van der Waals surface area contributed by atoms with Crippen molar-refractivity contribution in [2.45, 2.75) is 84.2 Å². The zero-order valence-corrected chi connectivity index (χ0v) is 16.1. The molecule has 0 radical (unpaired) electrons. The predicted octanol–water partition coefficient (Wildman–Crippen LogP) is 4.50. The minimum Gasteiger partial charge on any atom is -0.465 e. The van der Waals surface area contributed by atoms with Gasteiger partial charge in [0, 0.05) is 0 Å². The summed E-state index contributed by atoms with van der Waals surface area (Å²) >= 11 is 0. The lowest BCUT2D eigenvalue weighted by molar-refractivity contribution is -0.170. The van der Waals surface area contributed by atoms with Crippen LogP contribution in [0, 0.1) is 29.6 Å². The number of carbonyl (C=O) groups is 2. The fraction of sp³-hybridized carbons (Fsp3) is 0.905. The molecule has 0 spiro atoms. The van der Waals surface area contributed by atoms with Gasteiger partial charge in [0.05, 0.1) is 18.4 Å². The van der Waals surface area contributed by atoms with Crippen molar-refractivity contribution in [1.29, 1.82) is 0 Å². The molecule has 4 nitrogen and oxygen atoms in total. The summed E-state index contributed by atoms with van der Waals surface area (Å²) in [6.45, 7) is 6.56. The molecule has 0 aromatic carbocycles. The molecular formula is C21H34O4. The third-order valence-corrected chi connectivity index (χ3v) is 7.09. The lowest BCUT2D eigenvalue weighted by Gasteiger charge is -2.36. The molecule has 0 aromatic heterocycles. The second-order valence-corrected chi connectivity index (χ2v) is 8.97. The van der Waals surface area contributed by atoms with E-state index in [0.29, 0.717) is 18.4 Å². The van der Waals surface area contributed by atoms with Crippen LogP contribution in [0.3, 0.4) is 0 Å². The van der Waals surface area contributed by atoms with E-state index < -0.39 is 0 Å². The van der Waals surface area contributed by atoms with E-state index in [9.17, 15) is 9.59 Å². The second-order valence-electron chi connectivity index (χ2n) is 8.97. The molecule has 3 saturated carbocycles. The molecule has 25 heavy (non-hydrogen) atoms. The van der Waals surface area contributed by atoms with E-state index in [2.05, 4.69) is 6.92 Å². The van der Waals surface area contributed by atoms with Gasteiger partial charge in [-0.25, -0.2) is 0 Å². The molecule has 4 atom stereocenters. The van der Waals surface area contributed by atoms with Crippen molar-refractivity contribution in [2.24, 2.45) is 29.6 Å². The Bertz CT molecular complexity index is 494. The number of fused-ring (bicyclic) bond motifs is 2. The Kier molecular flexibility index (Phi) is 5.75. The summed E-state index contributed by atoms with van der Waals surface area (Å²) in [4.78, 5) is 24.4. The second kappa shape index (κ2) is 7.67. The van der Waals surface area contributed by atoms with Crippen LogP contribution in [0.15, 0.2) is 0 Å². The van der Waals surface area contributed by atoms with Gasteiger partial charge in [-0.3, -0.25) is 9.59 Å². The molecule has 0 aromatic rings. The van der Waals surface area contributed by atoms with Gasteiger partial charge in [-0.05, 0) is 82.5 Å². The highest BCUT2D eigenvalue weighted by molar-refractivity contribution is 5.73. The highest BCUT2D eigenvalue weighted by Crippen LogP contribution is 2.52. The van der Waals surface area contributed by atoms with E-state index in [-0.39, 0.29) is 29.4 Å². The van der Waals surface area contributed by atoms with Crippen LogP contribution in [-0.2, 0) is 19.1 Å². The lowest BCUT2D eigenvalue weighted by Crippen LogP contribution is -2.40. The summed E-state index contributed by atoms with van der Waals surface area (Å²) in [5.74, 6) is 1.70. The number of hydrogen-bond acceptors (Lipinski definition) is 4. The quantitative estimate of drug-likeness (QED) is 0.662. The Morgan fingerprint density at radius 2 is 1.84 bits per heavy atom. The zero-order chi connectivity index (χ0) is 18.0. The number of esters is 2. The summed E-state index contributed by atoms with van der Waals surface area (Å²) in [7, 11) is 0. The monoisotopic (exact) mass is 350 g/mol. The normalized spacial score (nSPS) is 38.4. The number of hydrogen-bond donors (Lipinski definition) is 0. The van der Waals surface area contributed by atoms with Gasteiger partial charge in [0.25, 0.3) is 0 Å². The summed E-state index contributed by atoms with van der Waals surface area (Å²) in [5, 5.41) is 0. The van der Waals surface area contributed by atoms with Gasteiger partial charge in [-0.1, -0.05) is 13.8 Å². The van der Waals surface area contributed by atoms with Gasteiger partial charge < -0.3 is 9.47 Å². The molecular weight excluding hydrogens is 316 g/mol. The van der Waals surface area contributed by atoms with E-state index in [1.54, 1.807) is 0 Å². The highest BCUT2D eigenvalue weighted by atomic mass is 16.6. The van der Waals surface area contributed by atoms with Gasteiger partial charge in [0.2, 0.25) is 0 Å². The lowest BCUT2D eigenvalue weighted by atomic mass is 9.81. The molecule has 3 rings (SSSR count). The van der Waals surface area contributed by atoms with Crippen LogP contribution in [-0.4, -0.2) is 24.1 Å². The summed E-state index contributed by atoms with van der Waals surface area (Å²) in [5.41, 5.74) is -0.206. The first-order valence-corrected chi connectivity index (χ1v) is 10.3. The van der Waals surface area contributed by atoms with Crippen molar-refractivity contribution in [3.63, 3.8) is 0 Å². The first-order chi connectivity index (χ1) is 11.9. The molecule has 0 heterocycles. The molecule has 3 aliphatic carbocycles. The van der Waals surface area contributed by atoms with E-state index in [4.69, 9.17) is 9.47 Å². The molecule has 0 saturated heterocycles. The fourth-order valence-electron chi connectivity index (χ4n) is 5.07. The van der Waals surface area contributed by atoms with E-state index in [0.717, 1.165) is 44.4 Å². The van der Waals surface area contributed by atoms with E-state index >= 15 is 0 Å². The van der Waals surface area contributed by atoms with Crippen LogP contribution in [0.25, 0.3) is 0 Å². The molecule has 3 fully saturated rings. The standard InChI is InChI=1S/C21H34O4/c1-4-14(2)19(22)24-13-15-5-8-17(9-6-15)20(23)25-21(3)12-16-7-10-18(21)11-16/h14-18H,4-13H2,1-3H3. The van der Waals surface area contributed by atoms with E-state index in [1.807, 2.05) is 13.8 Å². The Hall–Kier alpha value is -1.06. The third-order valence-electron chi connectivity index (χ3n) is 7.09. The maximum absolute atomic E-state index is 12.6. The minimum absolute atomic E-state index is 0.0186. The summed E-state index contributed by atoms with van der Waals surface area (Å²) < 4.78 is 11.5. The predicted molar refractivity (Wildman–Crippen MR) is 95.8 cm³/mol. The van der Waals surface area contributed by atoms with Crippen LogP contribution < -0.4 is 0 Å². The molecule has 4 heteroatoms. The van der Waals surface area contributed by atoms with Crippen LogP contribution in [0.4, 0.5) is 0 Å². The molecule has 0 amide bonds. The first-order valence-electron chi connectivity index (χ1n) is 10.3. The number of rotatable bonds is 6. The van der Waals surface area contributed by atoms with Crippen LogP contribution in [0.5, 0.6) is 0 Å². The molecule has 2 bridgehead atoms. The maximum atomic E-state index is 12.6. The molecule has 142 valence electrons. The van der Waals surface area contributed by atoms with E-state index in [1.165, 1.54) is 19.3 Å². The van der Waals surface area contributed by atoms with Gasteiger partial charge >= 0.3 is 11.9 Å². The third kappa shape index (κ3) is 4.20. The number of ether oxygens (including phenoxy) is 2. The SMILES string of the molecule is CCC(C)C(=O)OCC1CCC(C(=O)OC2(C)CC3CCC2C3)CC1. The molecule has 4 unspecified atom stereocenters. The first kappa shape index (κ1) is 18.7. The Morgan fingerprint density at radius 3 is 2.40 bits per heavy atom. The largest absolute Gasteiger partial charge is 0.465 e. The van der Waals surface area contributed by atoms with Crippen LogP contribution >= 0.6 is 0 Å². The topological polar surface area (TPSA) is 52.6 Å². The van der Waals surface area contributed by atoms with Gasteiger partial charge in [-0.15, -0.1) is 0 Å². The average Bonchev–Trinajstić information content (AvgIpc) is 3.19. The van der Waals surface area contributed by atoms with Crippen LogP contribution in [0.1, 0.15) is 78.6 Å². The molecule has 0 aliphatic heterocycles. The average molecular weight is 350 g/mol. The highest BCUT2D eigenvalue weighted by Gasteiger charge is 2.51. The smallest absolute Gasteiger partial charge is 0.309 e. The Morgan fingerprint density at radius 1 is 1.12 bits per heavy atom. The summed E-state index contributed by atoms with van der Waals surface area (Å²) in [6, 6.07) is 0. The van der Waals surface area contributed by atoms with Crippen molar-refractivity contribution in [2.75, 3.05) is 6.61 Å². The van der Waals surface area contributed by atoms with Gasteiger partial charge in [-0.2, -0.15) is 0 Å². The van der Waals surface area contributed by atoms with Crippen molar-refractivity contribution >= 4 is 11.9 Å². The fourth-order valence-corrected chi connectivity index (χ4v) is 5.07.